The lowest BCUT2D eigenvalue weighted by atomic mass is 10.1. The lowest BCUT2D eigenvalue weighted by Gasteiger charge is -2.24. The van der Waals surface area contributed by atoms with Crippen LogP contribution in [-0.4, -0.2) is 42.7 Å². The van der Waals surface area contributed by atoms with Crippen LogP contribution in [0, 0.1) is 0 Å². The molecule has 2 aromatic heterocycles. The second-order valence-electron chi connectivity index (χ2n) is 5.28. The zero-order valence-corrected chi connectivity index (χ0v) is 15.1. The van der Waals surface area contributed by atoms with Crippen LogP contribution in [0.25, 0.3) is 11.0 Å². The van der Waals surface area contributed by atoms with E-state index in [0.29, 0.717) is 17.6 Å². The predicted molar refractivity (Wildman–Crippen MR) is 93.4 cm³/mol. The molecule has 122 valence electrons. The number of hydrogen-bond donors (Lipinski definition) is 1. The maximum absolute atomic E-state index is 12.7. The van der Waals surface area contributed by atoms with Gasteiger partial charge in [0.25, 0.3) is 0 Å². The monoisotopic (exact) mass is 368 g/mol. The molecule has 23 heavy (non-hydrogen) atoms. The van der Waals surface area contributed by atoms with Gasteiger partial charge in [0.1, 0.15) is 15.9 Å². The summed E-state index contributed by atoms with van der Waals surface area (Å²) < 4.78 is 36.2. The highest BCUT2D eigenvalue weighted by molar-refractivity contribution is 7.89. The van der Waals surface area contributed by atoms with Gasteiger partial charge < -0.3 is 4.90 Å². The van der Waals surface area contributed by atoms with Gasteiger partial charge >= 0.3 is 0 Å². The highest BCUT2D eigenvalue weighted by Crippen LogP contribution is 2.23. The fourth-order valence-corrected chi connectivity index (χ4v) is 4.84. The first-order chi connectivity index (χ1) is 11.0. The van der Waals surface area contributed by atoms with Gasteiger partial charge in [-0.25, -0.2) is 13.1 Å². The van der Waals surface area contributed by atoms with E-state index in [9.17, 15) is 8.42 Å². The molecule has 2 heterocycles. The second kappa shape index (κ2) is 6.62. The SMILES string of the molecule is CN(C)[C@@H](CNS(=O)(=O)c1cccc2nsnc12)c1ccsc1. The Morgan fingerprint density at radius 3 is 2.78 bits per heavy atom. The van der Waals surface area contributed by atoms with Gasteiger partial charge in [-0.2, -0.15) is 20.1 Å². The minimum absolute atomic E-state index is 0.0243. The average molecular weight is 369 g/mol. The molecule has 0 amide bonds. The molecule has 0 spiro atoms. The van der Waals surface area contributed by atoms with Crippen LogP contribution < -0.4 is 4.72 Å². The largest absolute Gasteiger partial charge is 0.301 e. The molecule has 1 atom stereocenters. The van der Waals surface area contributed by atoms with Crippen LogP contribution in [0.15, 0.2) is 39.9 Å². The number of aromatic nitrogens is 2. The topological polar surface area (TPSA) is 75.2 Å². The van der Waals surface area contributed by atoms with Crippen molar-refractivity contribution >= 4 is 44.1 Å². The highest BCUT2D eigenvalue weighted by atomic mass is 32.2. The normalized spacial score (nSPS) is 13.7. The lowest BCUT2D eigenvalue weighted by molar-refractivity contribution is 0.300. The molecule has 0 unspecified atom stereocenters. The van der Waals surface area contributed by atoms with E-state index in [1.54, 1.807) is 29.5 Å². The van der Waals surface area contributed by atoms with Crippen LogP contribution in [0.4, 0.5) is 0 Å². The molecule has 3 rings (SSSR count). The van der Waals surface area contributed by atoms with Crippen molar-refractivity contribution in [3.63, 3.8) is 0 Å². The zero-order chi connectivity index (χ0) is 16.4. The average Bonchev–Trinajstić information content (AvgIpc) is 3.17. The summed E-state index contributed by atoms with van der Waals surface area (Å²) in [6, 6.07) is 6.98. The number of sulfonamides is 1. The number of fused-ring (bicyclic) bond motifs is 1. The van der Waals surface area contributed by atoms with E-state index in [1.165, 1.54) is 0 Å². The third-order valence-corrected chi connectivity index (χ3v) is 6.26. The van der Waals surface area contributed by atoms with Gasteiger partial charge in [-0.1, -0.05) is 6.07 Å². The zero-order valence-electron chi connectivity index (χ0n) is 12.6. The number of benzene rings is 1. The first-order valence-electron chi connectivity index (χ1n) is 6.88. The summed E-state index contributed by atoms with van der Waals surface area (Å²) in [5, 5.41) is 4.02. The maximum atomic E-state index is 12.7. The molecule has 0 aliphatic heterocycles. The van der Waals surface area contributed by atoms with E-state index < -0.39 is 10.0 Å². The minimum atomic E-state index is -3.65. The minimum Gasteiger partial charge on any atom is -0.301 e. The summed E-state index contributed by atoms with van der Waals surface area (Å²) >= 11 is 2.61. The Kier molecular flexibility index (Phi) is 4.74. The molecule has 0 radical (unpaired) electrons. The summed E-state index contributed by atoms with van der Waals surface area (Å²) in [6.07, 6.45) is 0. The van der Waals surface area contributed by atoms with E-state index in [0.717, 1.165) is 17.3 Å². The van der Waals surface area contributed by atoms with Crippen molar-refractivity contribution in [2.75, 3.05) is 20.6 Å². The molecular formula is C14H16N4O2S3. The van der Waals surface area contributed by atoms with Gasteiger partial charge in [0.15, 0.2) is 0 Å². The molecule has 1 aromatic carbocycles. The molecule has 0 saturated heterocycles. The Morgan fingerprint density at radius 1 is 1.26 bits per heavy atom. The second-order valence-corrected chi connectivity index (χ2v) is 8.32. The smallest absolute Gasteiger partial charge is 0.242 e. The third-order valence-electron chi connectivity index (χ3n) is 3.56. The van der Waals surface area contributed by atoms with E-state index in [4.69, 9.17) is 0 Å². The number of likely N-dealkylation sites (N-methyl/N-ethyl adjacent to an activating group) is 1. The van der Waals surface area contributed by atoms with Crippen molar-refractivity contribution in [2.24, 2.45) is 0 Å². The Balaban J connectivity index is 1.85. The summed E-state index contributed by atoms with van der Waals surface area (Å²) in [5.41, 5.74) is 2.11. The summed E-state index contributed by atoms with van der Waals surface area (Å²) in [6.45, 7) is 0.292. The van der Waals surface area contributed by atoms with Crippen molar-refractivity contribution in [3.05, 3.63) is 40.6 Å². The number of hydrogen-bond acceptors (Lipinski definition) is 7. The van der Waals surface area contributed by atoms with Gasteiger partial charge in [0.05, 0.1) is 11.7 Å². The molecule has 0 aliphatic carbocycles. The van der Waals surface area contributed by atoms with E-state index in [1.807, 2.05) is 35.8 Å². The molecule has 9 heteroatoms. The van der Waals surface area contributed by atoms with E-state index >= 15 is 0 Å². The molecule has 1 N–H and O–H groups in total. The van der Waals surface area contributed by atoms with Crippen LogP contribution >= 0.6 is 23.1 Å². The highest BCUT2D eigenvalue weighted by Gasteiger charge is 2.22. The summed E-state index contributed by atoms with van der Waals surface area (Å²) in [7, 11) is 0.219. The Labute approximate surface area is 143 Å². The first kappa shape index (κ1) is 16.5. The van der Waals surface area contributed by atoms with Gasteiger partial charge in [0.2, 0.25) is 10.0 Å². The fourth-order valence-electron chi connectivity index (χ4n) is 2.33. The van der Waals surface area contributed by atoms with Crippen molar-refractivity contribution < 1.29 is 8.42 Å². The van der Waals surface area contributed by atoms with Crippen LogP contribution in [0.2, 0.25) is 0 Å². The standard InChI is InChI=1S/C14H16N4O2S3/c1-18(2)12(10-6-7-21-9-10)8-15-23(19,20)13-5-3-4-11-14(13)17-22-16-11/h3-7,9,12,15H,8H2,1-2H3/t12-/m0/s1. The predicted octanol–water partition coefficient (Wildman–Crippen LogP) is 2.33. The van der Waals surface area contributed by atoms with Crippen molar-refractivity contribution in [1.29, 1.82) is 0 Å². The molecule has 0 fully saturated rings. The Hall–Kier alpha value is -1.39. The van der Waals surface area contributed by atoms with Crippen LogP contribution in [-0.2, 0) is 10.0 Å². The Morgan fingerprint density at radius 2 is 2.09 bits per heavy atom. The van der Waals surface area contributed by atoms with E-state index in [2.05, 4.69) is 13.5 Å². The molecular weight excluding hydrogens is 352 g/mol. The first-order valence-corrected chi connectivity index (χ1v) is 10.0. The quantitative estimate of drug-likeness (QED) is 0.723. The molecule has 0 aliphatic rings. The number of nitrogens with one attached hydrogen (secondary N) is 1. The molecule has 3 aromatic rings. The van der Waals surface area contributed by atoms with Gasteiger partial charge in [0, 0.05) is 12.6 Å². The van der Waals surface area contributed by atoms with Gasteiger partial charge in [-0.15, -0.1) is 0 Å². The fraction of sp³-hybridized carbons (Fsp3) is 0.286. The summed E-state index contributed by atoms with van der Waals surface area (Å²) in [5.74, 6) is 0. The van der Waals surface area contributed by atoms with Crippen molar-refractivity contribution in [3.8, 4) is 0 Å². The lowest BCUT2D eigenvalue weighted by Crippen LogP contribution is -2.34. The van der Waals surface area contributed by atoms with Crippen LogP contribution in [0.3, 0.4) is 0 Å². The maximum Gasteiger partial charge on any atom is 0.242 e. The van der Waals surface area contributed by atoms with Gasteiger partial charge in [-0.05, 0) is 48.6 Å². The van der Waals surface area contributed by atoms with Gasteiger partial charge in [-0.3, -0.25) is 0 Å². The van der Waals surface area contributed by atoms with E-state index in [-0.39, 0.29) is 10.9 Å². The Bertz CT molecular complexity index is 888. The molecule has 0 saturated carbocycles. The van der Waals surface area contributed by atoms with Crippen molar-refractivity contribution in [2.45, 2.75) is 10.9 Å². The molecule has 0 bridgehead atoms. The number of nitrogens with zero attached hydrogens (tertiary/aromatic N) is 3. The molecule has 6 nitrogen and oxygen atoms in total. The number of rotatable bonds is 6. The number of thiophene rings is 1. The summed E-state index contributed by atoms with van der Waals surface area (Å²) in [4.78, 5) is 2.17. The van der Waals surface area contributed by atoms with Crippen LogP contribution in [0.1, 0.15) is 11.6 Å². The third kappa shape index (κ3) is 3.43. The van der Waals surface area contributed by atoms with Crippen molar-refractivity contribution in [1.82, 2.24) is 18.4 Å². The van der Waals surface area contributed by atoms with Crippen LogP contribution in [0.5, 0.6) is 0 Å².